The number of amides is 1. The zero-order valence-corrected chi connectivity index (χ0v) is 15.2. The highest BCUT2D eigenvalue weighted by Crippen LogP contribution is 2.36. The Morgan fingerprint density at radius 1 is 1.15 bits per heavy atom. The average Bonchev–Trinajstić information content (AvgIpc) is 3.04. The molecule has 0 saturated carbocycles. The highest BCUT2D eigenvalue weighted by atomic mass is 16.5. The molecule has 0 spiro atoms. The molecule has 0 aliphatic carbocycles. The van der Waals surface area contributed by atoms with Gasteiger partial charge in [-0.25, -0.2) is 9.97 Å². The Balaban J connectivity index is 1.53. The highest BCUT2D eigenvalue weighted by molar-refractivity contribution is 6.02. The van der Waals surface area contributed by atoms with Crippen molar-refractivity contribution in [2.45, 2.75) is 19.4 Å². The van der Waals surface area contributed by atoms with E-state index < -0.39 is 0 Å². The molecule has 1 aromatic heterocycles. The Morgan fingerprint density at radius 2 is 2.00 bits per heavy atom. The van der Waals surface area contributed by atoms with Crippen molar-refractivity contribution in [3.63, 3.8) is 0 Å². The first kappa shape index (κ1) is 17.0. The molecule has 1 N–H and O–H groups in total. The summed E-state index contributed by atoms with van der Waals surface area (Å²) >= 11 is 0. The summed E-state index contributed by atoms with van der Waals surface area (Å²) in [6.45, 7) is 2.16. The molecule has 6 nitrogen and oxygen atoms in total. The van der Waals surface area contributed by atoms with Gasteiger partial charge in [-0.2, -0.15) is 0 Å². The largest absolute Gasteiger partial charge is 0.497 e. The number of para-hydroxylation sites is 1. The van der Waals surface area contributed by atoms with E-state index in [1.54, 1.807) is 25.4 Å². The number of rotatable bonds is 4. The number of nitrogens with zero attached hydrogens (tertiary/aromatic N) is 3. The van der Waals surface area contributed by atoms with Crippen molar-refractivity contribution in [1.29, 1.82) is 0 Å². The maximum Gasteiger partial charge on any atom is 0.275 e. The predicted molar refractivity (Wildman–Crippen MR) is 105 cm³/mol. The first-order chi connectivity index (χ1) is 13.2. The lowest BCUT2D eigenvalue weighted by atomic mass is 10.1. The van der Waals surface area contributed by atoms with Gasteiger partial charge in [0, 0.05) is 23.5 Å². The number of methoxy groups -OCH3 is 1. The third-order valence-corrected chi connectivity index (χ3v) is 4.65. The van der Waals surface area contributed by atoms with Crippen LogP contribution in [0.1, 0.15) is 23.0 Å². The summed E-state index contributed by atoms with van der Waals surface area (Å²) < 4.78 is 5.17. The maximum atomic E-state index is 12.4. The van der Waals surface area contributed by atoms with Gasteiger partial charge in [0.25, 0.3) is 5.91 Å². The Morgan fingerprint density at radius 3 is 2.78 bits per heavy atom. The van der Waals surface area contributed by atoms with Crippen molar-refractivity contribution in [2.75, 3.05) is 17.3 Å². The number of carbonyl (C=O) groups excluding carboxylic acids is 1. The lowest BCUT2D eigenvalue weighted by molar-refractivity contribution is 0.102. The van der Waals surface area contributed by atoms with Crippen LogP contribution in [0.3, 0.4) is 0 Å². The molecule has 1 amide bonds. The molecule has 3 aromatic rings. The molecule has 1 aliphatic heterocycles. The van der Waals surface area contributed by atoms with Gasteiger partial charge in [0.05, 0.1) is 19.5 Å². The standard InChI is InChI=1S/C21H20N4O2/c1-14-10-15-6-3-4-9-19(15)25(14)20-13-22-18(12-23-20)21(26)24-16-7-5-8-17(11-16)27-2/h3-9,11-14H,10H2,1-2H3,(H,24,26). The van der Waals surface area contributed by atoms with E-state index in [1.165, 1.54) is 11.8 Å². The monoisotopic (exact) mass is 360 g/mol. The van der Waals surface area contributed by atoms with Crippen LogP contribution in [0.5, 0.6) is 5.75 Å². The Hall–Kier alpha value is -3.41. The van der Waals surface area contributed by atoms with Crippen LogP contribution in [-0.2, 0) is 6.42 Å². The Labute approximate surface area is 157 Å². The van der Waals surface area contributed by atoms with Crippen LogP contribution in [0, 0.1) is 0 Å². The first-order valence-corrected chi connectivity index (χ1v) is 8.80. The number of aromatic nitrogens is 2. The molecule has 1 aliphatic rings. The number of anilines is 3. The van der Waals surface area contributed by atoms with Crippen LogP contribution in [0.2, 0.25) is 0 Å². The topological polar surface area (TPSA) is 67.3 Å². The van der Waals surface area contributed by atoms with Crippen LogP contribution < -0.4 is 15.0 Å². The molecule has 6 heteroatoms. The molecule has 0 bridgehead atoms. The maximum absolute atomic E-state index is 12.4. The molecule has 0 fully saturated rings. The molecule has 1 unspecified atom stereocenters. The molecule has 136 valence electrons. The van der Waals surface area contributed by atoms with Crippen molar-refractivity contribution < 1.29 is 9.53 Å². The van der Waals surface area contributed by atoms with Gasteiger partial charge in [0.1, 0.15) is 11.4 Å². The summed E-state index contributed by atoms with van der Waals surface area (Å²) in [5, 5.41) is 2.81. The van der Waals surface area contributed by atoms with E-state index in [0.717, 1.165) is 17.9 Å². The van der Waals surface area contributed by atoms with Gasteiger partial charge in [-0.05, 0) is 37.1 Å². The second kappa shape index (κ2) is 7.07. The van der Waals surface area contributed by atoms with Gasteiger partial charge in [0.2, 0.25) is 0 Å². The van der Waals surface area contributed by atoms with Crippen molar-refractivity contribution in [3.8, 4) is 5.75 Å². The van der Waals surface area contributed by atoms with E-state index in [9.17, 15) is 4.79 Å². The number of hydrogen-bond donors (Lipinski definition) is 1. The summed E-state index contributed by atoms with van der Waals surface area (Å²) in [7, 11) is 1.59. The molecule has 0 radical (unpaired) electrons. The quantitative estimate of drug-likeness (QED) is 0.766. The fourth-order valence-corrected chi connectivity index (χ4v) is 3.37. The van der Waals surface area contributed by atoms with E-state index in [1.807, 2.05) is 24.3 Å². The molecule has 0 saturated heterocycles. The summed E-state index contributed by atoms with van der Waals surface area (Å²) in [5.41, 5.74) is 3.36. The van der Waals surface area contributed by atoms with Crippen molar-refractivity contribution in [1.82, 2.24) is 9.97 Å². The highest BCUT2D eigenvalue weighted by Gasteiger charge is 2.27. The molecule has 1 atom stereocenters. The van der Waals surface area contributed by atoms with Gasteiger partial charge in [-0.15, -0.1) is 0 Å². The number of ether oxygens (including phenoxy) is 1. The van der Waals surface area contributed by atoms with E-state index >= 15 is 0 Å². The zero-order valence-electron chi connectivity index (χ0n) is 15.2. The molecular formula is C21H20N4O2. The summed E-state index contributed by atoms with van der Waals surface area (Å²) in [5.74, 6) is 1.11. The van der Waals surface area contributed by atoms with Crippen LogP contribution in [0.25, 0.3) is 0 Å². The lowest BCUT2D eigenvalue weighted by Crippen LogP contribution is -2.25. The Kier molecular flexibility index (Phi) is 4.46. The predicted octanol–water partition coefficient (Wildman–Crippen LogP) is 3.82. The van der Waals surface area contributed by atoms with Crippen molar-refractivity contribution in [3.05, 3.63) is 72.2 Å². The zero-order chi connectivity index (χ0) is 18.8. The SMILES string of the molecule is COc1cccc(NC(=O)c2cnc(N3c4ccccc4CC3C)cn2)c1. The van der Waals surface area contributed by atoms with Gasteiger partial charge < -0.3 is 15.0 Å². The van der Waals surface area contributed by atoms with Crippen molar-refractivity contribution >= 4 is 23.1 Å². The molecule has 2 aromatic carbocycles. The minimum Gasteiger partial charge on any atom is -0.497 e. The Bertz CT molecular complexity index is 972. The third kappa shape index (κ3) is 3.33. The van der Waals surface area contributed by atoms with Gasteiger partial charge in [-0.1, -0.05) is 24.3 Å². The smallest absolute Gasteiger partial charge is 0.275 e. The third-order valence-electron chi connectivity index (χ3n) is 4.65. The number of hydrogen-bond acceptors (Lipinski definition) is 5. The normalized spacial score (nSPS) is 15.3. The first-order valence-electron chi connectivity index (χ1n) is 8.80. The average molecular weight is 360 g/mol. The van der Waals surface area contributed by atoms with E-state index in [2.05, 4.69) is 39.2 Å². The lowest BCUT2D eigenvalue weighted by Gasteiger charge is -2.23. The molecule has 27 heavy (non-hydrogen) atoms. The second-order valence-electron chi connectivity index (χ2n) is 6.50. The fourth-order valence-electron chi connectivity index (χ4n) is 3.37. The van der Waals surface area contributed by atoms with Gasteiger partial charge >= 0.3 is 0 Å². The summed E-state index contributed by atoms with van der Waals surface area (Å²) in [6.07, 6.45) is 4.13. The fraction of sp³-hybridized carbons (Fsp3) is 0.190. The minimum atomic E-state index is -0.308. The minimum absolute atomic E-state index is 0.265. The summed E-state index contributed by atoms with van der Waals surface area (Å²) in [6, 6.07) is 15.8. The number of carbonyl (C=O) groups is 1. The van der Waals surface area contributed by atoms with Crippen LogP contribution in [0.15, 0.2) is 60.9 Å². The second-order valence-corrected chi connectivity index (χ2v) is 6.50. The number of benzene rings is 2. The van der Waals surface area contributed by atoms with E-state index in [4.69, 9.17) is 4.74 Å². The number of nitrogens with one attached hydrogen (secondary N) is 1. The molecular weight excluding hydrogens is 340 g/mol. The van der Waals surface area contributed by atoms with Crippen LogP contribution in [0.4, 0.5) is 17.2 Å². The van der Waals surface area contributed by atoms with E-state index in [0.29, 0.717) is 17.5 Å². The van der Waals surface area contributed by atoms with Crippen LogP contribution >= 0.6 is 0 Å². The van der Waals surface area contributed by atoms with Gasteiger partial charge in [0.15, 0.2) is 5.82 Å². The number of fused-ring (bicyclic) bond motifs is 1. The molecule has 2 heterocycles. The van der Waals surface area contributed by atoms with E-state index in [-0.39, 0.29) is 11.6 Å². The summed E-state index contributed by atoms with van der Waals surface area (Å²) in [4.78, 5) is 23.4. The van der Waals surface area contributed by atoms with Crippen LogP contribution in [-0.4, -0.2) is 29.0 Å². The van der Waals surface area contributed by atoms with Crippen molar-refractivity contribution in [2.24, 2.45) is 0 Å². The molecule has 4 rings (SSSR count). The van der Waals surface area contributed by atoms with Gasteiger partial charge in [-0.3, -0.25) is 4.79 Å².